The van der Waals surface area contributed by atoms with Gasteiger partial charge < -0.3 is 38.0 Å². The molecule has 0 bridgehead atoms. The first kappa shape index (κ1) is 27.5. The zero-order chi connectivity index (χ0) is 26.7. The minimum atomic E-state index is -0.992. The summed E-state index contributed by atoms with van der Waals surface area (Å²) in [6.07, 6.45) is 1.94. The summed E-state index contributed by atoms with van der Waals surface area (Å²) in [6, 6.07) is 45.5. The molecule has 1 aromatic heterocycles. The Morgan fingerprint density at radius 1 is 0.659 bits per heavy atom. The molecule has 5 aromatic carbocycles. The van der Waals surface area contributed by atoms with E-state index in [0.717, 1.165) is 53.0 Å². The van der Waals surface area contributed by atoms with Crippen LogP contribution >= 0.6 is 7.92 Å². The summed E-state index contributed by atoms with van der Waals surface area (Å²) in [5.41, 5.74) is 5.85. The Labute approximate surface area is 258 Å². The molecule has 4 nitrogen and oxygen atoms in total. The summed E-state index contributed by atoms with van der Waals surface area (Å²) >= 11 is 0. The van der Waals surface area contributed by atoms with Gasteiger partial charge in [0.05, 0.1) is 35.7 Å². The molecule has 0 unspecified atom stereocenters. The molecule has 6 heteroatoms. The van der Waals surface area contributed by atoms with Gasteiger partial charge in [-0.05, 0) is 72.1 Å². The average Bonchev–Trinajstić information content (AvgIpc) is 3.64. The van der Waals surface area contributed by atoms with E-state index in [0.29, 0.717) is 0 Å². The maximum absolute atomic E-state index is 5.69. The quantitative estimate of drug-likeness (QED) is 0.182. The topological polar surface area (TPSA) is 36.3 Å². The van der Waals surface area contributed by atoms with E-state index in [9.17, 15) is 0 Å². The summed E-state index contributed by atoms with van der Waals surface area (Å²) in [4.78, 5) is 5.21. The number of halogens is 1. The van der Waals surface area contributed by atoms with E-state index in [4.69, 9.17) is 14.5 Å². The molecule has 0 N–H and O–H groups in total. The van der Waals surface area contributed by atoms with Gasteiger partial charge in [-0.2, -0.15) is 0 Å². The van der Waals surface area contributed by atoms with Crippen LogP contribution in [0.15, 0.2) is 127 Å². The van der Waals surface area contributed by atoms with Crippen LogP contribution in [0.1, 0.15) is 11.1 Å². The third-order valence-corrected chi connectivity index (χ3v) is 10.4. The number of hydrogen-bond acceptors (Lipinski definition) is 3. The van der Waals surface area contributed by atoms with Crippen molar-refractivity contribution in [2.75, 3.05) is 6.79 Å². The molecule has 0 saturated heterocycles. The van der Waals surface area contributed by atoms with E-state index in [-0.39, 0.29) is 30.8 Å². The Hall–Kier alpha value is -3.67. The number of hydrogen-bond donors (Lipinski definition) is 0. The van der Waals surface area contributed by atoms with E-state index in [1.807, 2.05) is 6.07 Å². The predicted molar refractivity (Wildman–Crippen MR) is 166 cm³/mol. The number of nitrogens with zero attached hydrogens (tertiary/aromatic N) is 2. The van der Waals surface area contributed by atoms with Gasteiger partial charge in [0.2, 0.25) is 6.79 Å². The first-order valence-electron chi connectivity index (χ1n) is 13.7. The van der Waals surface area contributed by atoms with Crippen LogP contribution in [0.3, 0.4) is 0 Å². The Kier molecular flexibility index (Phi) is 8.36. The second-order valence-electron chi connectivity index (χ2n) is 10.1. The van der Waals surface area contributed by atoms with E-state index < -0.39 is 7.92 Å². The van der Waals surface area contributed by atoms with Crippen LogP contribution in [0.25, 0.3) is 22.4 Å². The third-order valence-electron chi connectivity index (χ3n) is 7.54. The van der Waals surface area contributed by atoms with Crippen LogP contribution in [0.5, 0.6) is 11.5 Å². The predicted octanol–water partition coefficient (Wildman–Crippen LogP) is 4.04. The van der Waals surface area contributed by atoms with Gasteiger partial charge >= 0.3 is 0 Å². The highest BCUT2D eigenvalue weighted by molar-refractivity contribution is 7.72. The molecule has 41 heavy (non-hydrogen) atoms. The summed E-state index contributed by atoms with van der Waals surface area (Å²) in [6.45, 7) is 1.10. The number of fused-ring (bicyclic) bond motifs is 2. The van der Waals surface area contributed by atoms with Gasteiger partial charge in [-0.1, -0.05) is 72.8 Å². The number of aromatic nitrogens is 2. The van der Waals surface area contributed by atoms with Crippen molar-refractivity contribution >= 4 is 29.6 Å². The average molecular weight is 669 g/mol. The van der Waals surface area contributed by atoms with Gasteiger partial charge in [0.15, 0.2) is 11.5 Å². The lowest BCUT2D eigenvalue weighted by Gasteiger charge is -2.12. The monoisotopic (exact) mass is 668 g/mol. The van der Waals surface area contributed by atoms with Crippen molar-refractivity contribution in [3.8, 4) is 22.9 Å². The standard InChI is InChI=1S/C35H29N2O2P.HI/c1-4-10-26(11-5-1)20-21-37-32-18-16-27(24-40(29-12-6-2-7-13-29)30-14-8-3-9-15-30)22-31(32)36-35(37)28-17-19-33-34(23-28)39-25-38-33;/h1-19,22-23H,20-21,24-25H2;1H. The van der Waals surface area contributed by atoms with E-state index in [2.05, 4.69) is 126 Å². The van der Waals surface area contributed by atoms with Crippen LogP contribution in [-0.4, -0.2) is 16.3 Å². The fourth-order valence-corrected chi connectivity index (χ4v) is 8.07. The normalized spacial score (nSPS) is 12.0. The molecule has 6 aromatic rings. The maximum atomic E-state index is 5.69. The molecule has 1 aliphatic rings. The Bertz CT molecular complexity index is 1720. The molecule has 0 amide bonds. The molecule has 0 aliphatic carbocycles. The third kappa shape index (κ3) is 5.88. The molecule has 0 saturated carbocycles. The second-order valence-corrected chi connectivity index (χ2v) is 12.6. The van der Waals surface area contributed by atoms with Crippen LogP contribution < -0.4 is 44.1 Å². The number of imidazole rings is 1. The largest absolute Gasteiger partial charge is 1.00 e. The molecular weight excluding hydrogens is 638 g/mol. The molecule has 0 radical (unpaired) electrons. The van der Waals surface area contributed by atoms with E-state index in [1.165, 1.54) is 21.7 Å². The molecule has 0 spiro atoms. The molecule has 7 rings (SSSR count). The second kappa shape index (κ2) is 12.5. The number of rotatable bonds is 8. The SMILES string of the molecule is [I-].c1ccc(CCn2c(-c3ccc4c(c3)OCO4)nc3cc(C[PH+](c4ccccc4)c4ccccc4)ccc32)cc1. The van der Waals surface area contributed by atoms with Crippen molar-refractivity contribution in [3.63, 3.8) is 0 Å². The van der Waals surface area contributed by atoms with Crippen LogP contribution in [-0.2, 0) is 19.1 Å². The maximum Gasteiger partial charge on any atom is 0.231 e. The summed E-state index contributed by atoms with van der Waals surface area (Å²) < 4.78 is 13.6. The Morgan fingerprint density at radius 2 is 1.32 bits per heavy atom. The molecular formula is C35H30IN2O2P. The van der Waals surface area contributed by atoms with Crippen molar-refractivity contribution in [1.82, 2.24) is 9.55 Å². The van der Waals surface area contributed by atoms with Crippen LogP contribution in [0.4, 0.5) is 0 Å². The van der Waals surface area contributed by atoms with Crippen LogP contribution in [0, 0.1) is 0 Å². The number of aryl methyl sites for hydroxylation is 2. The molecule has 0 atom stereocenters. The van der Waals surface area contributed by atoms with Crippen LogP contribution in [0.2, 0.25) is 0 Å². The van der Waals surface area contributed by atoms with Gasteiger partial charge in [0.1, 0.15) is 5.82 Å². The van der Waals surface area contributed by atoms with E-state index in [1.54, 1.807) is 0 Å². The lowest BCUT2D eigenvalue weighted by molar-refractivity contribution is -0.00000935. The summed E-state index contributed by atoms with van der Waals surface area (Å²) in [7, 11) is -0.992. The zero-order valence-corrected chi connectivity index (χ0v) is 25.7. The highest BCUT2D eigenvalue weighted by Gasteiger charge is 2.24. The van der Waals surface area contributed by atoms with Crippen molar-refractivity contribution in [3.05, 3.63) is 139 Å². The highest BCUT2D eigenvalue weighted by Crippen LogP contribution is 2.40. The van der Waals surface area contributed by atoms with Gasteiger partial charge in [-0.25, -0.2) is 4.98 Å². The summed E-state index contributed by atoms with van der Waals surface area (Å²) in [5.74, 6) is 2.52. The first-order chi connectivity index (χ1) is 19.8. The lowest BCUT2D eigenvalue weighted by atomic mass is 10.1. The van der Waals surface area contributed by atoms with E-state index >= 15 is 0 Å². The molecule has 204 valence electrons. The first-order valence-corrected chi connectivity index (χ1v) is 15.4. The van der Waals surface area contributed by atoms with Gasteiger partial charge in [0, 0.05) is 12.1 Å². The number of ether oxygens (including phenoxy) is 2. The van der Waals surface area contributed by atoms with Crippen molar-refractivity contribution in [2.24, 2.45) is 0 Å². The van der Waals surface area contributed by atoms with Crippen molar-refractivity contribution in [2.45, 2.75) is 19.1 Å². The highest BCUT2D eigenvalue weighted by atomic mass is 127. The zero-order valence-electron chi connectivity index (χ0n) is 22.5. The van der Waals surface area contributed by atoms with Gasteiger partial charge in [0.25, 0.3) is 0 Å². The van der Waals surface area contributed by atoms with Gasteiger partial charge in [-0.15, -0.1) is 0 Å². The fourth-order valence-electron chi connectivity index (χ4n) is 5.51. The minimum absolute atomic E-state index is 0. The van der Waals surface area contributed by atoms with Crippen molar-refractivity contribution in [1.29, 1.82) is 0 Å². The Morgan fingerprint density at radius 3 is 2.02 bits per heavy atom. The van der Waals surface area contributed by atoms with Crippen molar-refractivity contribution < 1.29 is 33.5 Å². The van der Waals surface area contributed by atoms with Gasteiger partial charge in [-0.3, -0.25) is 0 Å². The molecule has 1 aliphatic heterocycles. The Balaban J connectivity index is 0.00000302. The fraction of sp³-hybridized carbons (Fsp3) is 0.114. The lowest BCUT2D eigenvalue weighted by Crippen LogP contribution is -3.00. The number of benzene rings is 5. The molecule has 0 fully saturated rings. The minimum Gasteiger partial charge on any atom is -1.00 e. The molecule has 2 heterocycles. The summed E-state index contributed by atoms with van der Waals surface area (Å²) in [5, 5.41) is 2.85. The smallest absolute Gasteiger partial charge is 0.231 e.